The summed E-state index contributed by atoms with van der Waals surface area (Å²) < 4.78 is 11.1. The number of nitrogens with zero attached hydrogens (tertiary/aromatic N) is 3. The molecule has 9 heteroatoms. The lowest BCUT2D eigenvalue weighted by Crippen LogP contribution is -2.38. The van der Waals surface area contributed by atoms with Gasteiger partial charge in [0.15, 0.2) is 16.6 Å². The number of rotatable bonds is 2. The fourth-order valence-electron chi connectivity index (χ4n) is 3.90. The van der Waals surface area contributed by atoms with Crippen LogP contribution in [0.2, 0.25) is 0 Å². The number of nitro benzene ring substituents is 1. The van der Waals surface area contributed by atoms with E-state index in [1.165, 1.54) is 0 Å². The molecule has 150 valence electrons. The van der Waals surface area contributed by atoms with Crippen molar-refractivity contribution >= 4 is 28.7 Å². The van der Waals surface area contributed by atoms with E-state index in [1.54, 1.807) is 31.0 Å². The number of benzene rings is 2. The van der Waals surface area contributed by atoms with Gasteiger partial charge in [-0.1, -0.05) is 0 Å². The predicted octanol–water partition coefficient (Wildman–Crippen LogP) is 3.18. The van der Waals surface area contributed by atoms with Crippen molar-refractivity contribution in [2.45, 2.75) is 33.2 Å². The van der Waals surface area contributed by atoms with Gasteiger partial charge in [0, 0.05) is 22.3 Å². The second-order valence-corrected chi connectivity index (χ2v) is 7.68. The maximum absolute atomic E-state index is 11.4. The van der Waals surface area contributed by atoms with E-state index in [4.69, 9.17) is 32.5 Å². The van der Waals surface area contributed by atoms with Crippen molar-refractivity contribution in [1.29, 1.82) is 0 Å². The van der Waals surface area contributed by atoms with Crippen LogP contribution >= 0.6 is 12.2 Å². The summed E-state index contributed by atoms with van der Waals surface area (Å²) in [7, 11) is 0. The van der Waals surface area contributed by atoms with Gasteiger partial charge in [0.05, 0.1) is 16.7 Å². The number of aryl methyl sites for hydroxylation is 2. The summed E-state index contributed by atoms with van der Waals surface area (Å²) in [6.07, 6.45) is 0.654. The molecular weight excluding hydrogens is 392 g/mol. The Hall–Kier alpha value is -3.20. The zero-order valence-electron chi connectivity index (χ0n) is 16.3. The second kappa shape index (κ2) is 7.00. The van der Waals surface area contributed by atoms with E-state index < -0.39 is 0 Å². The van der Waals surface area contributed by atoms with Crippen LogP contribution in [0.5, 0.6) is 11.5 Å². The fraction of sp³-hybridized carbons (Fsp3) is 0.300. The number of fused-ring (bicyclic) bond motifs is 2. The minimum absolute atomic E-state index is 0.0654. The van der Waals surface area contributed by atoms with E-state index >= 15 is 0 Å². The number of thiocarbonyl (C=S) groups is 1. The Balaban J connectivity index is 1.96. The maximum atomic E-state index is 11.4. The van der Waals surface area contributed by atoms with Crippen molar-refractivity contribution in [3.8, 4) is 11.5 Å². The molecule has 0 spiro atoms. The van der Waals surface area contributed by atoms with Crippen LogP contribution in [0, 0.1) is 24.0 Å². The van der Waals surface area contributed by atoms with Crippen LogP contribution in [0.3, 0.4) is 0 Å². The van der Waals surface area contributed by atoms with E-state index in [1.807, 2.05) is 19.1 Å². The van der Waals surface area contributed by atoms with Crippen LogP contribution in [0.4, 0.5) is 5.69 Å². The minimum Gasteiger partial charge on any atom is -0.454 e. The summed E-state index contributed by atoms with van der Waals surface area (Å²) in [4.78, 5) is 11.0. The van der Waals surface area contributed by atoms with Gasteiger partial charge in [0.2, 0.25) is 6.79 Å². The van der Waals surface area contributed by atoms with Crippen LogP contribution in [0.1, 0.15) is 34.7 Å². The first-order valence-electron chi connectivity index (χ1n) is 9.12. The van der Waals surface area contributed by atoms with E-state index in [-0.39, 0.29) is 28.6 Å². The Labute approximate surface area is 173 Å². The smallest absolute Gasteiger partial charge is 0.275 e. The molecule has 29 heavy (non-hydrogen) atoms. The van der Waals surface area contributed by atoms with Gasteiger partial charge >= 0.3 is 0 Å². The Kier molecular flexibility index (Phi) is 4.62. The topological polar surface area (TPSA) is 103 Å². The molecule has 2 aromatic carbocycles. The molecule has 0 radical (unpaired) electrons. The zero-order chi connectivity index (χ0) is 20.9. The third-order valence-corrected chi connectivity index (χ3v) is 5.35. The van der Waals surface area contributed by atoms with E-state index in [0.29, 0.717) is 34.8 Å². The molecular formula is C20H20N4O4S. The highest BCUT2D eigenvalue weighted by Crippen LogP contribution is 2.38. The molecule has 2 heterocycles. The first-order chi connectivity index (χ1) is 13.8. The normalized spacial score (nSPS) is 17.4. The summed E-state index contributed by atoms with van der Waals surface area (Å²) in [6.45, 7) is 5.61. The van der Waals surface area contributed by atoms with Gasteiger partial charge in [-0.2, -0.15) is 5.10 Å². The number of nitro groups is 1. The molecule has 0 unspecified atom stereocenters. The van der Waals surface area contributed by atoms with Gasteiger partial charge in [-0.05, 0) is 69.2 Å². The van der Waals surface area contributed by atoms with Gasteiger partial charge in [-0.25, -0.2) is 5.01 Å². The quantitative estimate of drug-likeness (QED) is 0.459. The van der Waals surface area contributed by atoms with E-state index in [0.717, 1.165) is 16.7 Å². The molecule has 2 aliphatic heterocycles. The Morgan fingerprint density at radius 2 is 1.86 bits per heavy atom. The highest BCUT2D eigenvalue weighted by molar-refractivity contribution is 7.80. The third kappa shape index (κ3) is 3.27. The van der Waals surface area contributed by atoms with Crippen molar-refractivity contribution in [3.05, 3.63) is 62.2 Å². The van der Waals surface area contributed by atoms with Gasteiger partial charge < -0.3 is 15.2 Å². The molecule has 0 aliphatic carbocycles. The van der Waals surface area contributed by atoms with E-state index in [2.05, 4.69) is 0 Å². The molecule has 2 N–H and O–H groups in total. The standard InChI is InChI=1S/C20H20N4O4S/c1-10-4-14(5-11(2)19(10)24(25)26)18-15-8-17-16(27-9-28-17)7-13(15)6-12(3)23(22-18)20(21)29/h4-5,7-8,12H,6,9H2,1-3H3,(H2,21,29)/t12-/m1/s1. The minimum atomic E-state index is -0.362. The predicted molar refractivity (Wildman–Crippen MR) is 113 cm³/mol. The molecule has 0 aromatic heterocycles. The van der Waals surface area contributed by atoms with Gasteiger partial charge in [0.25, 0.3) is 5.69 Å². The lowest BCUT2D eigenvalue weighted by atomic mass is 9.92. The summed E-state index contributed by atoms with van der Waals surface area (Å²) in [5.74, 6) is 1.33. The molecule has 4 rings (SSSR count). The van der Waals surface area contributed by atoms with Crippen LogP contribution in [0.15, 0.2) is 29.4 Å². The average Bonchev–Trinajstić information content (AvgIpc) is 3.02. The van der Waals surface area contributed by atoms with E-state index in [9.17, 15) is 10.1 Å². The van der Waals surface area contributed by atoms with Crippen molar-refractivity contribution in [2.24, 2.45) is 10.8 Å². The maximum Gasteiger partial charge on any atom is 0.275 e. The Bertz CT molecular complexity index is 1060. The highest BCUT2D eigenvalue weighted by Gasteiger charge is 2.29. The molecule has 0 fully saturated rings. The lowest BCUT2D eigenvalue weighted by molar-refractivity contribution is -0.386. The summed E-state index contributed by atoms with van der Waals surface area (Å²) in [5, 5.41) is 17.9. The summed E-state index contributed by atoms with van der Waals surface area (Å²) >= 11 is 5.22. The molecule has 2 aliphatic rings. The number of nitrogens with two attached hydrogens (primary N) is 1. The van der Waals surface area contributed by atoms with Crippen LogP contribution in [0.25, 0.3) is 0 Å². The van der Waals surface area contributed by atoms with Crippen LogP contribution in [-0.2, 0) is 6.42 Å². The third-order valence-electron chi connectivity index (χ3n) is 5.17. The number of ether oxygens (including phenoxy) is 2. The molecule has 2 aromatic rings. The Morgan fingerprint density at radius 1 is 1.24 bits per heavy atom. The lowest BCUT2D eigenvalue weighted by Gasteiger charge is -2.23. The molecule has 0 saturated heterocycles. The average molecular weight is 412 g/mol. The SMILES string of the molecule is Cc1cc(C2=NN(C(N)=S)[C@H](C)Cc3cc4c(cc32)OCO4)cc(C)c1[N+](=O)[O-]. The second-order valence-electron chi connectivity index (χ2n) is 7.26. The number of hydrogen-bond acceptors (Lipinski definition) is 6. The molecule has 0 amide bonds. The largest absolute Gasteiger partial charge is 0.454 e. The van der Waals surface area contributed by atoms with Crippen molar-refractivity contribution < 1.29 is 14.4 Å². The van der Waals surface area contributed by atoms with Crippen molar-refractivity contribution in [1.82, 2.24) is 5.01 Å². The first-order valence-corrected chi connectivity index (χ1v) is 9.53. The first kappa shape index (κ1) is 19.1. The zero-order valence-corrected chi connectivity index (χ0v) is 17.1. The van der Waals surface area contributed by atoms with Crippen LogP contribution in [-0.4, -0.2) is 33.6 Å². The van der Waals surface area contributed by atoms with Crippen molar-refractivity contribution in [3.63, 3.8) is 0 Å². The summed E-state index contributed by atoms with van der Waals surface area (Å²) in [5.41, 5.74) is 10.4. The van der Waals surface area contributed by atoms with Crippen LogP contribution < -0.4 is 15.2 Å². The monoisotopic (exact) mass is 412 g/mol. The fourth-order valence-corrected chi connectivity index (χ4v) is 4.12. The highest BCUT2D eigenvalue weighted by atomic mass is 32.1. The van der Waals surface area contributed by atoms with Gasteiger partial charge in [0.1, 0.15) is 0 Å². The number of hydrazone groups is 1. The summed E-state index contributed by atoms with van der Waals surface area (Å²) in [6, 6.07) is 7.33. The van der Waals surface area contributed by atoms with Gasteiger partial charge in [-0.3, -0.25) is 10.1 Å². The number of hydrogen-bond donors (Lipinski definition) is 1. The van der Waals surface area contributed by atoms with Gasteiger partial charge in [-0.15, -0.1) is 0 Å². The molecule has 8 nitrogen and oxygen atoms in total. The van der Waals surface area contributed by atoms with Crippen molar-refractivity contribution in [2.75, 3.05) is 6.79 Å². The molecule has 0 bridgehead atoms. The molecule has 1 atom stereocenters. The molecule has 0 saturated carbocycles. The Morgan fingerprint density at radius 3 is 2.45 bits per heavy atom.